The summed E-state index contributed by atoms with van der Waals surface area (Å²) in [6.45, 7) is 0. The van der Waals surface area contributed by atoms with Gasteiger partial charge in [-0.1, -0.05) is 0 Å². The number of hydrogen-bond acceptors (Lipinski definition) is 3. The Bertz CT molecular complexity index is 320. The summed E-state index contributed by atoms with van der Waals surface area (Å²) >= 11 is 0. The van der Waals surface area contributed by atoms with Crippen LogP contribution in [0.25, 0.3) is 0 Å². The Morgan fingerprint density at radius 3 is 2.82 bits per heavy atom. The van der Waals surface area contributed by atoms with Crippen LogP contribution >= 0.6 is 0 Å². The predicted molar refractivity (Wildman–Crippen MR) is 41.5 cm³/mol. The van der Waals surface area contributed by atoms with Gasteiger partial charge < -0.3 is 0 Å². The second-order valence-electron chi connectivity index (χ2n) is 2.03. The van der Waals surface area contributed by atoms with Crippen LogP contribution in [0.1, 0.15) is 0 Å². The van der Waals surface area contributed by atoms with Gasteiger partial charge in [-0.2, -0.15) is 0 Å². The number of sulfonamides is 1. The molecular formula is C6H7N2O2S. The van der Waals surface area contributed by atoms with Crippen molar-refractivity contribution in [1.82, 2.24) is 4.98 Å². The average Bonchev–Trinajstić information content (AvgIpc) is 1.85. The molecule has 59 valence electrons. The second kappa shape index (κ2) is 2.87. The highest BCUT2D eigenvalue weighted by Crippen LogP contribution is 2.02. The molecule has 4 nitrogen and oxygen atoms in total. The van der Waals surface area contributed by atoms with Crippen LogP contribution in [0.4, 0.5) is 5.69 Å². The van der Waals surface area contributed by atoms with E-state index >= 15 is 0 Å². The summed E-state index contributed by atoms with van der Waals surface area (Å²) in [6, 6.07) is 4.21. The highest BCUT2D eigenvalue weighted by atomic mass is 32.2. The van der Waals surface area contributed by atoms with Crippen molar-refractivity contribution >= 4 is 15.7 Å². The molecule has 0 atom stereocenters. The van der Waals surface area contributed by atoms with E-state index in [1.165, 1.54) is 18.5 Å². The van der Waals surface area contributed by atoms with E-state index in [9.17, 15) is 8.42 Å². The lowest BCUT2D eigenvalue weighted by molar-refractivity contribution is 0.607. The largest absolute Gasteiger partial charge is 0.282 e. The number of aromatic nitrogens is 1. The zero-order valence-corrected chi connectivity index (χ0v) is 6.72. The lowest BCUT2D eigenvalue weighted by Gasteiger charge is -1.99. The van der Waals surface area contributed by atoms with Crippen LogP contribution in [0.15, 0.2) is 18.5 Å². The molecule has 0 fully saturated rings. The number of anilines is 1. The van der Waals surface area contributed by atoms with E-state index in [2.05, 4.69) is 15.8 Å². The summed E-state index contributed by atoms with van der Waals surface area (Å²) < 4.78 is 23.5. The zero-order valence-electron chi connectivity index (χ0n) is 5.90. The summed E-state index contributed by atoms with van der Waals surface area (Å²) in [6.07, 6.45) is 3.99. The minimum Gasteiger partial charge on any atom is -0.282 e. The lowest BCUT2D eigenvalue weighted by Crippen LogP contribution is -2.09. The molecule has 1 heterocycles. The maximum atomic E-state index is 10.6. The zero-order chi connectivity index (χ0) is 8.32. The molecule has 0 aliphatic carbocycles. The second-order valence-corrected chi connectivity index (χ2v) is 3.77. The van der Waals surface area contributed by atoms with Crippen molar-refractivity contribution in [3.8, 4) is 0 Å². The van der Waals surface area contributed by atoms with Gasteiger partial charge in [-0.3, -0.25) is 9.71 Å². The first-order chi connectivity index (χ1) is 5.08. The number of nitrogens with zero attached hydrogens (tertiary/aromatic N) is 1. The van der Waals surface area contributed by atoms with Crippen molar-refractivity contribution < 1.29 is 8.42 Å². The van der Waals surface area contributed by atoms with Crippen molar-refractivity contribution in [2.75, 3.05) is 11.0 Å². The number of nitrogens with one attached hydrogen (secondary N) is 1. The van der Waals surface area contributed by atoms with Gasteiger partial charge in [0.1, 0.15) is 0 Å². The molecular weight excluding hydrogens is 164 g/mol. The van der Waals surface area contributed by atoms with E-state index in [1.807, 2.05) is 0 Å². The third kappa shape index (κ3) is 2.99. The molecule has 1 aromatic heterocycles. The van der Waals surface area contributed by atoms with Crippen molar-refractivity contribution in [1.29, 1.82) is 0 Å². The Hall–Kier alpha value is -1.10. The maximum Gasteiger partial charge on any atom is 0.229 e. The molecule has 5 heteroatoms. The summed E-state index contributed by atoms with van der Waals surface area (Å²) in [7, 11) is -3.20. The molecule has 1 radical (unpaired) electrons. The minimum absolute atomic E-state index is 0.356. The monoisotopic (exact) mass is 171 g/mol. The molecule has 0 unspecified atom stereocenters. The Labute approximate surface area is 65.3 Å². The first-order valence-electron chi connectivity index (χ1n) is 2.87. The standard InChI is InChI=1S/C6H7N2O2S/c1-11(9,10)8-6-3-2-4-7-5-6/h2,4-5,8H,1H3. The Kier molecular flexibility index (Phi) is 2.09. The first-order valence-corrected chi connectivity index (χ1v) is 4.76. The van der Waals surface area contributed by atoms with Crippen LogP contribution in [0.2, 0.25) is 0 Å². The van der Waals surface area contributed by atoms with Gasteiger partial charge in [0.05, 0.1) is 18.1 Å². The summed E-state index contributed by atoms with van der Waals surface area (Å²) in [4.78, 5) is 3.71. The molecule has 0 saturated heterocycles. The number of pyridine rings is 1. The minimum atomic E-state index is -3.20. The van der Waals surface area contributed by atoms with Gasteiger partial charge >= 0.3 is 0 Å². The van der Waals surface area contributed by atoms with Crippen molar-refractivity contribution in [2.45, 2.75) is 0 Å². The molecule has 0 aliphatic heterocycles. The van der Waals surface area contributed by atoms with Gasteiger partial charge in [-0.15, -0.1) is 0 Å². The summed E-state index contributed by atoms with van der Waals surface area (Å²) in [5.74, 6) is 0. The van der Waals surface area contributed by atoms with Gasteiger partial charge in [-0.25, -0.2) is 8.42 Å². The van der Waals surface area contributed by atoms with E-state index < -0.39 is 10.0 Å². The molecule has 0 saturated carbocycles. The van der Waals surface area contributed by atoms with Gasteiger partial charge in [0, 0.05) is 12.3 Å². The smallest absolute Gasteiger partial charge is 0.229 e. The summed E-state index contributed by atoms with van der Waals surface area (Å²) in [5, 5.41) is 0. The average molecular weight is 171 g/mol. The van der Waals surface area contributed by atoms with Gasteiger partial charge in [0.15, 0.2) is 0 Å². The fourth-order valence-electron chi connectivity index (χ4n) is 0.580. The molecule has 0 spiro atoms. The highest BCUT2D eigenvalue weighted by Gasteiger charge is 1.99. The molecule has 1 N–H and O–H groups in total. The van der Waals surface area contributed by atoms with Crippen molar-refractivity contribution in [3.05, 3.63) is 24.5 Å². The van der Waals surface area contributed by atoms with E-state index in [0.717, 1.165) is 6.26 Å². The molecule has 1 aromatic rings. The van der Waals surface area contributed by atoms with Gasteiger partial charge in [0.2, 0.25) is 10.0 Å². The van der Waals surface area contributed by atoms with Gasteiger partial charge in [0.25, 0.3) is 0 Å². The Balaban J connectivity index is 2.82. The topological polar surface area (TPSA) is 59.1 Å². The van der Waals surface area contributed by atoms with Crippen LogP contribution in [0.5, 0.6) is 0 Å². The van der Waals surface area contributed by atoms with Gasteiger partial charge in [-0.05, 0) is 6.07 Å². The van der Waals surface area contributed by atoms with Crippen LogP contribution in [0.3, 0.4) is 0 Å². The fraction of sp³-hybridized carbons (Fsp3) is 0.167. The van der Waals surface area contributed by atoms with E-state index in [-0.39, 0.29) is 0 Å². The highest BCUT2D eigenvalue weighted by molar-refractivity contribution is 7.92. The molecule has 1 rings (SSSR count). The molecule has 11 heavy (non-hydrogen) atoms. The van der Waals surface area contributed by atoms with Crippen LogP contribution in [-0.2, 0) is 10.0 Å². The van der Waals surface area contributed by atoms with E-state index in [4.69, 9.17) is 0 Å². The Morgan fingerprint density at radius 2 is 2.36 bits per heavy atom. The molecule has 0 aliphatic rings. The molecule has 0 amide bonds. The van der Waals surface area contributed by atoms with Crippen molar-refractivity contribution in [2.24, 2.45) is 0 Å². The number of rotatable bonds is 2. The number of hydrogen-bond donors (Lipinski definition) is 1. The van der Waals surface area contributed by atoms with Crippen molar-refractivity contribution in [3.63, 3.8) is 0 Å². The Morgan fingerprint density at radius 1 is 1.64 bits per heavy atom. The van der Waals surface area contributed by atoms with E-state index in [1.54, 1.807) is 0 Å². The molecule has 0 aromatic carbocycles. The van der Waals surface area contributed by atoms with E-state index in [0.29, 0.717) is 5.69 Å². The summed E-state index contributed by atoms with van der Waals surface area (Å²) in [5.41, 5.74) is 0.356. The normalized spacial score (nSPS) is 11.0. The van der Waals surface area contributed by atoms with Crippen LogP contribution in [-0.4, -0.2) is 19.7 Å². The lowest BCUT2D eigenvalue weighted by atomic mass is 10.4. The maximum absolute atomic E-state index is 10.6. The predicted octanol–water partition coefficient (Wildman–Crippen LogP) is 0.253. The van der Waals surface area contributed by atoms with Crippen LogP contribution in [0, 0.1) is 6.07 Å². The third-order valence-electron chi connectivity index (χ3n) is 0.898. The third-order valence-corrected chi connectivity index (χ3v) is 1.49. The van der Waals surface area contributed by atoms with Crippen LogP contribution < -0.4 is 4.72 Å². The first kappa shape index (κ1) is 8.00. The fourth-order valence-corrected chi connectivity index (χ4v) is 1.09. The SMILES string of the molecule is CS(=O)(=O)Nc1[c]ccnc1. The molecule has 0 bridgehead atoms. The quantitative estimate of drug-likeness (QED) is 0.694.